The molecule has 110 valence electrons. The van der Waals surface area contributed by atoms with Gasteiger partial charge in [-0.1, -0.05) is 18.2 Å². The molecule has 0 aliphatic rings. The number of aryl methyl sites for hydroxylation is 1. The van der Waals surface area contributed by atoms with E-state index in [1.807, 2.05) is 0 Å². The molecule has 0 N–H and O–H groups in total. The SMILES string of the molecule is Cc1ccc(C(=O)c2cccc(OC(F)F)c2)c(F)c1F. The number of rotatable bonds is 4. The van der Waals surface area contributed by atoms with Gasteiger partial charge >= 0.3 is 6.61 Å². The third-order valence-electron chi connectivity index (χ3n) is 2.84. The average molecular weight is 298 g/mol. The normalized spacial score (nSPS) is 10.8. The fourth-order valence-corrected chi connectivity index (χ4v) is 1.79. The molecule has 0 aromatic heterocycles. The maximum absolute atomic E-state index is 13.8. The Hall–Kier alpha value is -2.37. The predicted molar refractivity (Wildman–Crippen MR) is 67.6 cm³/mol. The van der Waals surface area contributed by atoms with E-state index in [-0.39, 0.29) is 16.9 Å². The Morgan fingerprint density at radius 2 is 1.81 bits per heavy atom. The van der Waals surface area contributed by atoms with E-state index >= 15 is 0 Å². The minimum absolute atomic E-state index is 0.0684. The van der Waals surface area contributed by atoms with Crippen LogP contribution in [-0.4, -0.2) is 12.4 Å². The van der Waals surface area contributed by atoms with Crippen molar-refractivity contribution in [3.8, 4) is 5.75 Å². The summed E-state index contributed by atoms with van der Waals surface area (Å²) in [6.07, 6.45) is 0. The first-order chi connectivity index (χ1) is 9.90. The number of carbonyl (C=O) groups excluding carboxylic acids is 1. The number of alkyl halides is 2. The number of ether oxygens (including phenoxy) is 1. The van der Waals surface area contributed by atoms with Crippen molar-refractivity contribution in [3.05, 3.63) is 64.7 Å². The molecule has 2 aromatic rings. The molecule has 0 bridgehead atoms. The maximum Gasteiger partial charge on any atom is 0.387 e. The molecule has 0 radical (unpaired) electrons. The standard InChI is InChI=1S/C15H10F4O2/c1-8-5-6-11(13(17)12(8)16)14(20)9-3-2-4-10(7-9)21-15(18)19/h2-7,15H,1H3. The number of carbonyl (C=O) groups is 1. The van der Waals surface area contributed by atoms with Gasteiger partial charge in [-0.15, -0.1) is 0 Å². The fraction of sp³-hybridized carbons (Fsp3) is 0.133. The summed E-state index contributed by atoms with van der Waals surface area (Å²) in [5.41, 5.74) is -0.471. The lowest BCUT2D eigenvalue weighted by atomic mass is 10.0. The molecule has 0 aliphatic heterocycles. The monoisotopic (exact) mass is 298 g/mol. The molecule has 2 rings (SSSR count). The summed E-state index contributed by atoms with van der Waals surface area (Å²) >= 11 is 0. The molecule has 0 spiro atoms. The highest BCUT2D eigenvalue weighted by Gasteiger charge is 2.19. The summed E-state index contributed by atoms with van der Waals surface area (Å²) in [6.45, 7) is -1.67. The Morgan fingerprint density at radius 3 is 2.48 bits per heavy atom. The van der Waals surface area contributed by atoms with Gasteiger partial charge in [0.1, 0.15) is 5.75 Å². The maximum atomic E-state index is 13.8. The van der Waals surface area contributed by atoms with Gasteiger partial charge in [-0.05, 0) is 30.7 Å². The molecule has 0 fully saturated rings. The molecule has 2 aromatic carbocycles. The Bertz CT molecular complexity index is 683. The fourth-order valence-electron chi connectivity index (χ4n) is 1.79. The second-order valence-corrected chi connectivity index (χ2v) is 4.29. The van der Waals surface area contributed by atoms with E-state index < -0.39 is 29.6 Å². The van der Waals surface area contributed by atoms with E-state index in [2.05, 4.69) is 4.74 Å². The van der Waals surface area contributed by atoms with Crippen molar-refractivity contribution >= 4 is 5.78 Å². The van der Waals surface area contributed by atoms with Gasteiger partial charge in [0, 0.05) is 5.56 Å². The third kappa shape index (κ3) is 3.21. The first-order valence-corrected chi connectivity index (χ1v) is 5.94. The van der Waals surface area contributed by atoms with Crippen LogP contribution in [-0.2, 0) is 0 Å². The molecule has 0 saturated carbocycles. The van der Waals surface area contributed by atoms with Gasteiger partial charge in [-0.25, -0.2) is 8.78 Å². The molecule has 0 aliphatic carbocycles. The van der Waals surface area contributed by atoms with Gasteiger partial charge in [0.2, 0.25) is 0 Å². The lowest BCUT2D eigenvalue weighted by molar-refractivity contribution is -0.0498. The van der Waals surface area contributed by atoms with Crippen LogP contribution in [0.2, 0.25) is 0 Å². The minimum atomic E-state index is -3.04. The van der Waals surface area contributed by atoms with E-state index in [1.54, 1.807) is 0 Å². The number of hydrogen-bond donors (Lipinski definition) is 0. The smallest absolute Gasteiger partial charge is 0.387 e. The Balaban J connectivity index is 2.39. The zero-order valence-corrected chi connectivity index (χ0v) is 10.9. The van der Waals surface area contributed by atoms with Crippen LogP contribution in [0.1, 0.15) is 21.5 Å². The van der Waals surface area contributed by atoms with Crippen LogP contribution in [0.4, 0.5) is 17.6 Å². The first-order valence-electron chi connectivity index (χ1n) is 5.94. The van der Waals surface area contributed by atoms with E-state index in [0.29, 0.717) is 0 Å². The summed E-state index contributed by atoms with van der Waals surface area (Å²) < 4.78 is 55.6. The van der Waals surface area contributed by atoms with Crippen LogP contribution in [0.15, 0.2) is 36.4 Å². The summed E-state index contributed by atoms with van der Waals surface area (Å²) in [6, 6.07) is 7.31. The van der Waals surface area contributed by atoms with Crippen LogP contribution in [0.5, 0.6) is 5.75 Å². The predicted octanol–water partition coefficient (Wildman–Crippen LogP) is 4.11. The van der Waals surface area contributed by atoms with E-state index in [1.165, 1.54) is 31.2 Å². The van der Waals surface area contributed by atoms with Crippen LogP contribution in [0.25, 0.3) is 0 Å². The number of hydrogen-bond acceptors (Lipinski definition) is 2. The molecule has 0 saturated heterocycles. The quantitative estimate of drug-likeness (QED) is 0.627. The van der Waals surface area contributed by atoms with Gasteiger partial charge in [0.15, 0.2) is 17.4 Å². The van der Waals surface area contributed by atoms with Crippen molar-refractivity contribution in [1.29, 1.82) is 0 Å². The number of benzene rings is 2. The zero-order chi connectivity index (χ0) is 15.6. The van der Waals surface area contributed by atoms with E-state index in [4.69, 9.17) is 0 Å². The van der Waals surface area contributed by atoms with Crippen LogP contribution in [0.3, 0.4) is 0 Å². The van der Waals surface area contributed by atoms with Crippen molar-refractivity contribution in [2.75, 3.05) is 0 Å². The third-order valence-corrected chi connectivity index (χ3v) is 2.84. The second kappa shape index (κ2) is 5.95. The molecule has 6 heteroatoms. The van der Waals surface area contributed by atoms with Crippen molar-refractivity contribution in [2.24, 2.45) is 0 Å². The summed E-state index contributed by atoms with van der Waals surface area (Å²) in [4.78, 5) is 12.1. The van der Waals surface area contributed by atoms with Crippen LogP contribution in [0, 0.1) is 18.6 Å². The Labute approximate surface area is 118 Å². The van der Waals surface area contributed by atoms with Crippen molar-refractivity contribution in [2.45, 2.75) is 13.5 Å². The van der Waals surface area contributed by atoms with Crippen LogP contribution < -0.4 is 4.74 Å². The highest BCUT2D eigenvalue weighted by Crippen LogP contribution is 2.22. The highest BCUT2D eigenvalue weighted by atomic mass is 19.3. The van der Waals surface area contributed by atoms with Gasteiger partial charge in [0.25, 0.3) is 0 Å². The van der Waals surface area contributed by atoms with Crippen molar-refractivity contribution in [1.82, 2.24) is 0 Å². The van der Waals surface area contributed by atoms with Gasteiger partial charge in [-0.2, -0.15) is 8.78 Å². The van der Waals surface area contributed by atoms with Crippen LogP contribution >= 0.6 is 0 Å². The van der Waals surface area contributed by atoms with Crippen molar-refractivity contribution < 1.29 is 27.1 Å². The van der Waals surface area contributed by atoms with Gasteiger partial charge in [-0.3, -0.25) is 4.79 Å². The molecule has 21 heavy (non-hydrogen) atoms. The summed E-state index contributed by atoms with van der Waals surface area (Å²) in [7, 11) is 0. The molecule has 0 atom stereocenters. The first kappa shape index (κ1) is 15.0. The largest absolute Gasteiger partial charge is 0.435 e. The zero-order valence-electron chi connectivity index (χ0n) is 10.9. The molecule has 0 heterocycles. The summed E-state index contributed by atoms with van der Waals surface area (Å²) in [5, 5.41) is 0. The molecule has 2 nitrogen and oxygen atoms in total. The Kier molecular flexibility index (Phi) is 4.26. The summed E-state index contributed by atoms with van der Waals surface area (Å²) in [5.74, 6) is -3.42. The molecule has 0 amide bonds. The number of ketones is 1. The van der Waals surface area contributed by atoms with Gasteiger partial charge in [0.05, 0.1) is 5.56 Å². The highest BCUT2D eigenvalue weighted by molar-refractivity contribution is 6.09. The van der Waals surface area contributed by atoms with E-state index in [9.17, 15) is 22.4 Å². The lowest BCUT2D eigenvalue weighted by Crippen LogP contribution is -2.08. The second-order valence-electron chi connectivity index (χ2n) is 4.29. The topological polar surface area (TPSA) is 26.3 Å². The van der Waals surface area contributed by atoms with E-state index in [0.717, 1.165) is 12.1 Å². The molecular formula is C15H10F4O2. The lowest BCUT2D eigenvalue weighted by Gasteiger charge is -2.08. The molecular weight excluding hydrogens is 288 g/mol. The van der Waals surface area contributed by atoms with Crippen molar-refractivity contribution in [3.63, 3.8) is 0 Å². The minimum Gasteiger partial charge on any atom is -0.435 e. The average Bonchev–Trinajstić information content (AvgIpc) is 2.44. The Morgan fingerprint density at radius 1 is 1.10 bits per heavy atom. The van der Waals surface area contributed by atoms with Gasteiger partial charge < -0.3 is 4.74 Å². The number of halogens is 4. The molecule has 0 unspecified atom stereocenters.